The van der Waals surface area contributed by atoms with Gasteiger partial charge in [-0.25, -0.2) is 0 Å². The van der Waals surface area contributed by atoms with E-state index in [-0.39, 0.29) is 24.0 Å². The van der Waals surface area contributed by atoms with Gasteiger partial charge in [-0.2, -0.15) is 4.98 Å². The maximum atomic E-state index is 5.42. The summed E-state index contributed by atoms with van der Waals surface area (Å²) in [6.07, 6.45) is 2.55. The van der Waals surface area contributed by atoms with Crippen molar-refractivity contribution in [3.8, 4) is 0 Å². The Bertz CT molecular complexity index is 442. The number of aliphatic imine (C=N–C) groups is 1. The average molecular weight is 455 g/mol. The third-order valence-electron chi connectivity index (χ3n) is 2.92. The number of hydrogen-bond acceptors (Lipinski definition) is 6. The first kappa shape index (κ1) is 23.1. The Morgan fingerprint density at radius 1 is 1.21 bits per heavy atom. The Kier molecular flexibility index (Phi) is 15.0. The summed E-state index contributed by atoms with van der Waals surface area (Å²) < 4.78 is 15.4. The van der Waals surface area contributed by atoms with E-state index in [1.807, 2.05) is 13.8 Å². The molecule has 0 bridgehead atoms. The fourth-order valence-corrected chi connectivity index (χ4v) is 1.83. The Hall–Kier alpha value is -0.940. The molecule has 1 heterocycles. The first-order valence-electron chi connectivity index (χ1n) is 8.14. The van der Waals surface area contributed by atoms with Crippen LogP contribution in [0.15, 0.2) is 9.52 Å². The molecule has 0 aliphatic carbocycles. The molecule has 0 amide bonds. The molecule has 2 N–H and O–H groups in total. The highest BCUT2D eigenvalue weighted by Crippen LogP contribution is 1.99. The van der Waals surface area contributed by atoms with E-state index in [2.05, 4.69) is 25.8 Å². The molecule has 24 heavy (non-hydrogen) atoms. The van der Waals surface area contributed by atoms with Gasteiger partial charge in [0, 0.05) is 39.8 Å². The number of halogens is 1. The van der Waals surface area contributed by atoms with Crippen LogP contribution in [-0.4, -0.2) is 62.7 Å². The fourth-order valence-electron chi connectivity index (χ4n) is 1.83. The van der Waals surface area contributed by atoms with E-state index in [1.165, 1.54) is 0 Å². The molecule has 0 aliphatic heterocycles. The van der Waals surface area contributed by atoms with Crippen LogP contribution in [0.3, 0.4) is 0 Å². The quantitative estimate of drug-likeness (QED) is 0.214. The van der Waals surface area contributed by atoms with Crippen LogP contribution in [0.2, 0.25) is 0 Å². The maximum absolute atomic E-state index is 5.42. The average Bonchev–Trinajstić information content (AvgIpc) is 2.96. The normalized spacial score (nSPS) is 11.2. The monoisotopic (exact) mass is 455 g/mol. The standard InChI is InChI=1S/C15H29N5O3.HI/c1-4-16-15(18-9-6-10-22-12-11-21-3)17-8-5-7-14-19-13(2)20-23-14;/h4-12H2,1-3H3,(H2,16,17,18);1H. The number of hydrogen-bond donors (Lipinski definition) is 2. The molecule has 0 aliphatic rings. The Labute approximate surface area is 161 Å². The summed E-state index contributed by atoms with van der Waals surface area (Å²) in [5.41, 5.74) is 0. The Morgan fingerprint density at radius 2 is 2.04 bits per heavy atom. The first-order valence-corrected chi connectivity index (χ1v) is 8.14. The molecule has 0 spiro atoms. The minimum Gasteiger partial charge on any atom is -0.382 e. The van der Waals surface area contributed by atoms with Crippen molar-refractivity contribution in [1.29, 1.82) is 0 Å². The molecule has 0 aromatic carbocycles. The summed E-state index contributed by atoms with van der Waals surface area (Å²) >= 11 is 0. The molecule has 0 unspecified atom stereocenters. The van der Waals surface area contributed by atoms with E-state index in [4.69, 9.17) is 14.0 Å². The molecule has 140 valence electrons. The van der Waals surface area contributed by atoms with Crippen molar-refractivity contribution in [1.82, 2.24) is 20.8 Å². The summed E-state index contributed by atoms with van der Waals surface area (Å²) in [5.74, 6) is 2.17. The summed E-state index contributed by atoms with van der Waals surface area (Å²) in [6, 6.07) is 0. The van der Waals surface area contributed by atoms with E-state index in [0.29, 0.717) is 38.1 Å². The molecule has 0 saturated carbocycles. The first-order chi connectivity index (χ1) is 11.3. The maximum Gasteiger partial charge on any atom is 0.226 e. The van der Waals surface area contributed by atoms with Crippen LogP contribution in [-0.2, 0) is 15.9 Å². The molecule has 0 saturated heterocycles. The number of aromatic nitrogens is 2. The highest BCUT2D eigenvalue weighted by Gasteiger charge is 2.02. The van der Waals surface area contributed by atoms with Crippen LogP contribution >= 0.6 is 24.0 Å². The lowest BCUT2D eigenvalue weighted by molar-refractivity contribution is 0.0698. The van der Waals surface area contributed by atoms with Gasteiger partial charge < -0.3 is 24.6 Å². The van der Waals surface area contributed by atoms with Crippen molar-refractivity contribution in [2.24, 2.45) is 4.99 Å². The predicted octanol–water partition coefficient (Wildman–Crippen LogP) is 1.54. The molecular formula is C15H30IN5O3. The second-order valence-electron chi connectivity index (χ2n) is 4.99. The molecule has 1 rings (SSSR count). The molecule has 0 radical (unpaired) electrons. The van der Waals surface area contributed by atoms with Gasteiger partial charge in [-0.1, -0.05) is 5.16 Å². The van der Waals surface area contributed by atoms with Gasteiger partial charge >= 0.3 is 0 Å². The van der Waals surface area contributed by atoms with E-state index in [1.54, 1.807) is 7.11 Å². The molecule has 0 fully saturated rings. The van der Waals surface area contributed by atoms with Crippen molar-refractivity contribution in [3.63, 3.8) is 0 Å². The van der Waals surface area contributed by atoms with E-state index >= 15 is 0 Å². The van der Waals surface area contributed by atoms with Gasteiger partial charge in [0.05, 0.1) is 13.2 Å². The number of nitrogens with one attached hydrogen (secondary N) is 2. The number of methoxy groups -OCH3 is 1. The minimum absolute atomic E-state index is 0. The minimum atomic E-state index is 0. The van der Waals surface area contributed by atoms with Crippen LogP contribution in [0.5, 0.6) is 0 Å². The van der Waals surface area contributed by atoms with E-state index in [0.717, 1.165) is 38.3 Å². The fraction of sp³-hybridized carbons (Fsp3) is 0.800. The second kappa shape index (κ2) is 15.6. The number of ether oxygens (including phenoxy) is 2. The van der Waals surface area contributed by atoms with Crippen molar-refractivity contribution < 1.29 is 14.0 Å². The number of rotatable bonds is 12. The van der Waals surface area contributed by atoms with Gasteiger partial charge in [0.15, 0.2) is 11.8 Å². The molecule has 9 heteroatoms. The van der Waals surface area contributed by atoms with Gasteiger partial charge in [-0.15, -0.1) is 24.0 Å². The summed E-state index contributed by atoms with van der Waals surface area (Å²) in [4.78, 5) is 8.70. The lowest BCUT2D eigenvalue weighted by Gasteiger charge is -2.11. The molecule has 1 aromatic rings. The van der Waals surface area contributed by atoms with Crippen LogP contribution in [0.4, 0.5) is 0 Å². The summed E-state index contributed by atoms with van der Waals surface area (Å²) in [7, 11) is 1.67. The zero-order valence-corrected chi connectivity index (χ0v) is 17.2. The predicted molar refractivity (Wildman–Crippen MR) is 104 cm³/mol. The van der Waals surface area contributed by atoms with Gasteiger partial charge in [0.1, 0.15) is 0 Å². The summed E-state index contributed by atoms with van der Waals surface area (Å²) in [5, 5.41) is 10.3. The number of nitrogens with zero attached hydrogens (tertiary/aromatic N) is 3. The van der Waals surface area contributed by atoms with Crippen LogP contribution in [0, 0.1) is 6.92 Å². The van der Waals surface area contributed by atoms with E-state index in [9.17, 15) is 0 Å². The largest absolute Gasteiger partial charge is 0.382 e. The van der Waals surface area contributed by atoms with Crippen molar-refractivity contribution >= 4 is 29.9 Å². The van der Waals surface area contributed by atoms with E-state index < -0.39 is 0 Å². The topological polar surface area (TPSA) is 93.8 Å². The van der Waals surface area contributed by atoms with Gasteiger partial charge in [-0.05, 0) is 26.7 Å². The van der Waals surface area contributed by atoms with Gasteiger partial charge in [0.2, 0.25) is 5.89 Å². The van der Waals surface area contributed by atoms with Crippen molar-refractivity contribution in [3.05, 3.63) is 11.7 Å². The smallest absolute Gasteiger partial charge is 0.226 e. The van der Waals surface area contributed by atoms with Crippen LogP contribution in [0.1, 0.15) is 31.5 Å². The molecule has 8 nitrogen and oxygen atoms in total. The zero-order valence-electron chi connectivity index (χ0n) is 14.8. The Balaban J connectivity index is 0.00000529. The second-order valence-corrected chi connectivity index (χ2v) is 4.99. The van der Waals surface area contributed by atoms with Crippen LogP contribution in [0.25, 0.3) is 0 Å². The lowest BCUT2D eigenvalue weighted by Crippen LogP contribution is -2.38. The molecular weight excluding hydrogens is 425 g/mol. The third kappa shape index (κ3) is 11.6. The van der Waals surface area contributed by atoms with Crippen molar-refractivity contribution in [2.75, 3.05) is 46.6 Å². The zero-order chi connectivity index (χ0) is 16.8. The SMILES string of the molecule is CCNC(=NCCCc1nc(C)no1)NCCCOCCOC.I. The molecule has 0 atom stereocenters. The van der Waals surface area contributed by atoms with Crippen molar-refractivity contribution in [2.45, 2.75) is 33.1 Å². The Morgan fingerprint density at radius 3 is 2.71 bits per heavy atom. The van der Waals surface area contributed by atoms with Gasteiger partial charge in [-0.3, -0.25) is 4.99 Å². The number of guanidine groups is 1. The van der Waals surface area contributed by atoms with Crippen LogP contribution < -0.4 is 10.6 Å². The van der Waals surface area contributed by atoms with Gasteiger partial charge in [0.25, 0.3) is 0 Å². The molecule has 1 aromatic heterocycles. The summed E-state index contributed by atoms with van der Waals surface area (Å²) in [6.45, 7) is 8.22. The third-order valence-corrected chi connectivity index (χ3v) is 2.92. The highest BCUT2D eigenvalue weighted by atomic mass is 127. The lowest BCUT2D eigenvalue weighted by atomic mass is 10.3. The highest BCUT2D eigenvalue weighted by molar-refractivity contribution is 14.0. The number of aryl methyl sites for hydroxylation is 2.